The van der Waals surface area contributed by atoms with E-state index in [1.165, 1.54) is 62.3 Å². The van der Waals surface area contributed by atoms with E-state index in [-0.39, 0.29) is 231 Å². The van der Waals surface area contributed by atoms with Crippen LogP contribution in [0.5, 0.6) is 0 Å². The highest BCUT2D eigenvalue weighted by Crippen LogP contribution is 2.41. The smallest absolute Gasteiger partial charge is 0.220 e. The minimum absolute atomic E-state index is 0.0393. The Balaban J connectivity index is 7.71. The van der Waals surface area contributed by atoms with Crippen LogP contribution < -0.4 is 16.0 Å². The molecule has 3 amide bonds. The van der Waals surface area contributed by atoms with Crippen molar-refractivity contribution in [2.45, 2.75) is 272 Å². The molecule has 408 valence electrons. The summed E-state index contributed by atoms with van der Waals surface area (Å²) in [5.74, 6) is -2.84. The topological polar surface area (TPSA) is 258 Å². The fourth-order valence-corrected chi connectivity index (χ4v) is 9.34. The van der Waals surface area contributed by atoms with Crippen molar-refractivity contribution in [3.05, 3.63) is 0 Å². The van der Waals surface area contributed by atoms with Gasteiger partial charge in [0, 0.05) is 107 Å². The van der Waals surface area contributed by atoms with Gasteiger partial charge in [-0.2, -0.15) is 0 Å². The number of nitrogens with one attached hydrogen (secondary N) is 3. The van der Waals surface area contributed by atoms with E-state index in [0.717, 1.165) is 12.8 Å². The molecule has 0 aromatic carbocycles. The summed E-state index contributed by atoms with van der Waals surface area (Å²) in [6, 6.07) is 0. The lowest BCUT2D eigenvalue weighted by Gasteiger charge is -2.39. The van der Waals surface area contributed by atoms with Crippen LogP contribution in [-0.2, 0) is 62.3 Å². The SMILES string of the molecule is CCCCCC(=O)NC(CCC(=O)CC(CCC(C)=O)(CCC(C)=O)CCC(C)=O)(CCC(=O)NC(CCC(C)=O)(CCC(C)=O)CCC(C)=O)CCC(=O)NC(CCC(C)=O)(CCC(C)=O)CCC(C)=O. The van der Waals surface area contributed by atoms with Crippen molar-refractivity contribution >= 4 is 75.6 Å². The summed E-state index contributed by atoms with van der Waals surface area (Å²) < 4.78 is 0. The fourth-order valence-electron chi connectivity index (χ4n) is 9.34. The number of rotatable bonds is 45. The number of amides is 3. The quantitative estimate of drug-likeness (QED) is 0.0483. The lowest BCUT2D eigenvalue weighted by Crippen LogP contribution is -2.53. The molecule has 0 radical (unpaired) electrons. The number of carbonyl (C=O) groups excluding carboxylic acids is 13. The molecular weight excluding hydrogens is 923 g/mol. The van der Waals surface area contributed by atoms with Crippen LogP contribution in [-0.4, -0.2) is 92.2 Å². The zero-order chi connectivity index (χ0) is 55.1. The van der Waals surface area contributed by atoms with Crippen molar-refractivity contribution in [3.63, 3.8) is 0 Å². The van der Waals surface area contributed by atoms with Crippen molar-refractivity contribution in [2.75, 3.05) is 0 Å². The van der Waals surface area contributed by atoms with E-state index in [9.17, 15) is 62.3 Å². The third kappa shape index (κ3) is 31.5. The molecule has 0 aromatic rings. The first-order valence-electron chi connectivity index (χ1n) is 26.4. The van der Waals surface area contributed by atoms with Gasteiger partial charge in [0.25, 0.3) is 0 Å². The van der Waals surface area contributed by atoms with Gasteiger partial charge in [-0.25, -0.2) is 0 Å². The van der Waals surface area contributed by atoms with E-state index in [0.29, 0.717) is 6.42 Å². The Morgan fingerprint density at radius 2 is 0.500 bits per heavy atom. The van der Waals surface area contributed by atoms with Crippen LogP contribution in [0.3, 0.4) is 0 Å². The first kappa shape index (κ1) is 67.1. The number of hydrogen-bond donors (Lipinski definition) is 3. The summed E-state index contributed by atoms with van der Waals surface area (Å²) in [5.41, 5.74) is -4.45. The lowest BCUT2D eigenvalue weighted by molar-refractivity contribution is -0.129. The molecule has 3 N–H and O–H groups in total. The largest absolute Gasteiger partial charge is 0.351 e. The van der Waals surface area contributed by atoms with Gasteiger partial charge in [0.1, 0.15) is 57.8 Å². The average molecular weight is 1010 g/mol. The van der Waals surface area contributed by atoms with Crippen LogP contribution in [0.25, 0.3) is 0 Å². The zero-order valence-corrected chi connectivity index (χ0v) is 45.8. The van der Waals surface area contributed by atoms with E-state index in [2.05, 4.69) is 16.0 Å². The predicted octanol–water partition coefficient (Wildman–Crippen LogP) is 8.74. The van der Waals surface area contributed by atoms with Crippen LogP contribution in [0, 0.1) is 5.41 Å². The molecule has 0 unspecified atom stereocenters. The monoisotopic (exact) mass is 1010 g/mol. The van der Waals surface area contributed by atoms with Crippen molar-refractivity contribution in [2.24, 2.45) is 5.41 Å². The Morgan fingerprint density at radius 3 is 0.750 bits per heavy atom. The molecule has 0 fully saturated rings. The Labute approximate surface area is 430 Å². The normalized spacial score (nSPS) is 11.9. The number of hydrogen-bond acceptors (Lipinski definition) is 13. The highest BCUT2D eigenvalue weighted by molar-refractivity contribution is 5.84. The van der Waals surface area contributed by atoms with Crippen LogP contribution in [0.1, 0.15) is 255 Å². The Morgan fingerprint density at radius 1 is 0.278 bits per heavy atom. The maximum atomic E-state index is 14.5. The zero-order valence-electron chi connectivity index (χ0n) is 45.8. The summed E-state index contributed by atoms with van der Waals surface area (Å²) in [7, 11) is 0. The summed E-state index contributed by atoms with van der Waals surface area (Å²) in [4.78, 5) is 168. The minimum Gasteiger partial charge on any atom is -0.351 e. The Kier molecular flexibility index (Phi) is 32.2. The molecule has 0 aliphatic carbocycles. The van der Waals surface area contributed by atoms with E-state index >= 15 is 0 Å². The molecule has 0 spiro atoms. The summed E-state index contributed by atoms with van der Waals surface area (Å²) >= 11 is 0. The predicted molar refractivity (Wildman–Crippen MR) is 276 cm³/mol. The van der Waals surface area contributed by atoms with Gasteiger partial charge in [0.15, 0.2) is 0 Å². The van der Waals surface area contributed by atoms with Gasteiger partial charge < -0.3 is 59.1 Å². The standard InChI is InChI=1S/C56H91N3O13/c1-11-12-13-14-50(70)57-56(36-24-49(69)39-53(27-15-40(2)60,28-16-41(3)61)29-17-42(4)62,37-25-51(71)58-54(30-18-43(5)63,31-19-44(6)64)32-20-45(7)65)38-26-52(72)59-55(33-21-46(8)66,34-22-47(9)67)35-23-48(10)68/h11-39H2,1-10H3,(H,57,70)(H,58,71)(H,59,72). The second kappa shape index (κ2) is 34.5. The van der Waals surface area contributed by atoms with Crippen molar-refractivity contribution in [1.29, 1.82) is 0 Å². The number of ketones is 10. The molecule has 0 rings (SSSR count). The molecule has 0 saturated carbocycles. The molecule has 0 aliphatic heterocycles. The Hall–Kier alpha value is -4.89. The average Bonchev–Trinajstić information content (AvgIpc) is 3.28. The van der Waals surface area contributed by atoms with Gasteiger partial charge in [-0.05, 0) is 151 Å². The van der Waals surface area contributed by atoms with Crippen molar-refractivity contribution < 1.29 is 62.3 Å². The summed E-state index contributed by atoms with van der Waals surface area (Å²) in [6.45, 7) is 14.8. The van der Waals surface area contributed by atoms with Crippen LogP contribution in [0.15, 0.2) is 0 Å². The summed E-state index contributed by atoms with van der Waals surface area (Å²) in [5, 5.41) is 9.30. The fraction of sp³-hybridized carbons (Fsp3) is 0.768. The van der Waals surface area contributed by atoms with E-state index in [1.807, 2.05) is 6.92 Å². The van der Waals surface area contributed by atoms with Gasteiger partial charge in [-0.3, -0.25) is 19.2 Å². The highest BCUT2D eigenvalue weighted by Gasteiger charge is 2.40. The van der Waals surface area contributed by atoms with Gasteiger partial charge in [-0.15, -0.1) is 0 Å². The van der Waals surface area contributed by atoms with Crippen LogP contribution in [0.2, 0.25) is 0 Å². The van der Waals surface area contributed by atoms with E-state index in [4.69, 9.17) is 0 Å². The van der Waals surface area contributed by atoms with Gasteiger partial charge >= 0.3 is 0 Å². The van der Waals surface area contributed by atoms with E-state index < -0.39 is 33.8 Å². The van der Waals surface area contributed by atoms with Crippen LogP contribution >= 0.6 is 0 Å². The first-order chi connectivity index (χ1) is 33.5. The van der Waals surface area contributed by atoms with Crippen molar-refractivity contribution in [1.82, 2.24) is 16.0 Å². The third-order valence-corrected chi connectivity index (χ3v) is 14.1. The Bertz CT molecular complexity index is 1570. The second-order valence-electron chi connectivity index (χ2n) is 21.5. The molecule has 16 nitrogen and oxygen atoms in total. The van der Waals surface area contributed by atoms with Gasteiger partial charge in [0.2, 0.25) is 17.7 Å². The highest BCUT2D eigenvalue weighted by atomic mass is 16.2. The molecule has 0 aliphatic rings. The molecule has 0 heterocycles. The lowest BCUT2D eigenvalue weighted by atomic mass is 9.70. The van der Waals surface area contributed by atoms with Crippen molar-refractivity contribution in [3.8, 4) is 0 Å². The molecule has 0 bridgehead atoms. The molecule has 0 aromatic heterocycles. The maximum absolute atomic E-state index is 14.5. The second-order valence-corrected chi connectivity index (χ2v) is 21.5. The number of Topliss-reactive ketones (excluding diaryl/α,β-unsaturated/α-hetero) is 10. The maximum Gasteiger partial charge on any atom is 0.220 e. The number of carbonyl (C=O) groups is 13. The molecule has 16 heteroatoms. The minimum atomic E-state index is -1.38. The van der Waals surface area contributed by atoms with Crippen LogP contribution in [0.4, 0.5) is 0 Å². The van der Waals surface area contributed by atoms with Gasteiger partial charge in [0.05, 0.1) is 0 Å². The van der Waals surface area contributed by atoms with Gasteiger partial charge in [-0.1, -0.05) is 19.8 Å². The molecule has 72 heavy (non-hydrogen) atoms. The molecule has 0 atom stereocenters. The van der Waals surface area contributed by atoms with E-state index in [1.54, 1.807) is 0 Å². The summed E-state index contributed by atoms with van der Waals surface area (Å²) in [6.07, 6.45) is 3.97. The molecule has 0 saturated heterocycles. The third-order valence-electron chi connectivity index (χ3n) is 14.1. The first-order valence-corrected chi connectivity index (χ1v) is 26.4. The number of unbranched alkanes of at least 4 members (excludes halogenated alkanes) is 2. The molecular formula is C56H91N3O13.